The van der Waals surface area contributed by atoms with E-state index in [1.165, 1.54) is 76.0 Å². The van der Waals surface area contributed by atoms with Crippen LogP contribution in [0.2, 0.25) is 0 Å². The van der Waals surface area contributed by atoms with Crippen LogP contribution in [0.15, 0.2) is 79.1 Å². The minimum absolute atomic E-state index is 0.0289. The van der Waals surface area contributed by atoms with Gasteiger partial charge >= 0.3 is 0 Å². The highest BCUT2D eigenvalue weighted by molar-refractivity contribution is 8.05. The summed E-state index contributed by atoms with van der Waals surface area (Å²) in [5.74, 6) is 0. The molecule has 3 aromatic rings. The number of fused-ring (bicyclic) bond motifs is 2. The van der Waals surface area contributed by atoms with Crippen molar-refractivity contribution in [2.45, 2.75) is 69.9 Å². The molecule has 4 heterocycles. The molecule has 198 valence electrons. The molecule has 6 nitrogen and oxygen atoms in total. The number of H-pyrrole nitrogens is 1. The van der Waals surface area contributed by atoms with Crippen LogP contribution in [0.3, 0.4) is 0 Å². The maximum absolute atomic E-state index is 11.9. The Balaban J connectivity index is 1.06. The predicted octanol–water partition coefficient (Wildman–Crippen LogP) is 6.00. The van der Waals surface area contributed by atoms with Gasteiger partial charge in [-0.2, -0.15) is 0 Å². The summed E-state index contributed by atoms with van der Waals surface area (Å²) in [6.45, 7) is 4.57. The molecule has 3 fully saturated rings. The normalized spacial score (nSPS) is 23.8. The van der Waals surface area contributed by atoms with E-state index in [0.29, 0.717) is 12.6 Å². The zero-order valence-corrected chi connectivity index (χ0v) is 23.2. The number of hydrogen-bond acceptors (Lipinski definition) is 7. The molecule has 1 aliphatic carbocycles. The molecular weight excluding hydrogens is 512 g/mol. The average molecular weight is 547 g/mol. The van der Waals surface area contributed by atoms with Crippen LogP contribution in [0.25, 0.3) is 0 Å². The number of likely N-dealkylation sites (tertiary alicyclic amines) is 1. The first-order valence-corrected chi connectivity index (χ1v) is 15.5. The Morgan fingerprint density at radius 2 is 1.84 bits per heavy atom. The van der Waals surface area contributed by atoms with Crippen LogP contribution >= 0.6 is 23.5 Å². The van der Waals surface area contributed by atoms with E-state index < -0.39 is 0 Å². The van der Waals surface area contributed by atoms with E-state index in [1.807, 2.05) is 29.6 Å². The Labute approximate surface area is 232 Å². The molecule has 4 aliphatic rings. The van der Waals surface area contributed by atoms with Crippen molar-refractivity contribution in [1.29, 1.82) is 0 Å². The van der Waals surface area contributed by atoms with E-state index in [0.717, 1.165) is 24.8 Å². The van der Waals surface area contributed by atoms with E-state index in [-0.39, 0.29) is 11.7 Å². The first-order chi connectivity index (χ1) is 18.7. The Bertz CT molecular complexity index is 1370. The summed E-state index contributed by atoms with van der Waals surface area (Å²) in [5.41, 5.74) is 3.35. The number of anilines is 2. The summed E-state index contributed by atoms with van der Waals surface area (Å²) in [4.78, 5) is 24.8. The highest BCUT2D eigenvalue weighted by atomic mass is 32.2. The van der Waals surface area contributed by atoms with Gasteiger partial charge in [-0.25, -0.2) is 0 Å². The molecular formula is C30H34N4O2S2. The van der Waals surface area contributed by atoms with Gasteiger partial charge in [-0.15, -0.1) is 0 Å². The lowest BCUT2D eigenvalue weighted by Crippen LogP contribution is -2.39. The number of nitrogens with zero attached hydrogens (tertiary/aromatic N) is 2. The molecule has 0 spiro atoms. The number of aromatic amines is 1. The first-order valence-electron chi connectivity index (χ1n) is 13.9. The van der Waals surface area contributed by atoms with Gasteiger partial charge in [0.25, 0.3) is 0 Å². The van der Waals surface area contributed by atoms with Crippen LogP contribution in [0, 0.1) is 0 Å². The van der Waals surface area contributed by atoms with Gasteiger partial charge in [-0.3, -0.25) is 9.69 Å². The number of morpholine rings is 1. The van der Waals surface area contributed by atoms with E-state index >= 15 is 0 Å². The molecule has 1 saturated carbocycles. The molecule has 0 bridgehead atoms. The van der Waals surface area contributed by atoms with Crippen LogP contribution in [0.4, 0.5) is 11.4 Å². The second kappa shape index (κ2) is 10.6. The van der Waals surface area contributed by atoms with Crippen LogP contribution in [-0.2, 0) is 4.74 Å². The number of aromatic nitrogens is 1. The van der Waals surface area contributed by atoms with Crippen molar-refractivity contribution in [1.82, 2.24) is 9.88 Å². The zero-order chi connectivity index (χ0) is 25.5. The van der Waals surface area contributed by atoms with Crippen molar-refractivity contribution < 1.29 is 4.74 Å². The third-order valence-electron chi connectivity index (χ3n) is 8.35. The molecule has 1 aromatic heterocycles. The van der Waals surface area contributed by atoms with Gasteiger partial charge in [0.15, 0.2) is 0 Å². The molecule has 3 aliphatic heterocycles. The van der Waals surface area contributed by atoms with Gasteiger partial charge in [-0.05, 0) is 55.2 Å². The topological polar surface area (TPSA) is 60.6 Å². The second-order valence-electron chi connectivity index (χ2n) is 10.8. The Morgan fingerprint density at radius 3 is 2.74 bits per heavy atom. The van der Waals surface area contributed by atoms with E-state index in [4.69, 9.17) is 4.74 Å². The molecule has 38 heavy (non-hydrogen) atoms. The van der Waals surface area contributed by atoms with Crippen molar-refractivity contribution >= 4 is 34.9 Å². The fraction of sp³-hybridized carbons (Fsp3) is 0.433. The molecule has 2 unspecified atom stereocenters. The number of benzene rings is 2. The summed E-state index contributed by atoms with van der Waals surface area (Å²) in [7, 11) is 0. The summed E-state index contributed by atoms with van der Waals surface area (Å²) in [5, 5.41) is 3.84. The van der Waals surface area contributed by atoms with Gasteiger partial charge < -0.3 is 19.9 Å². The molecule has 2 N–H and O–H groups in total. The number of nitrogens with one attached hydrogen (secondary N) is 2. The lowest BCUT2D eigenvalue weighted by molar-refractivity contribution is 0.0379. The summed E-state index contributed by atoms with van der Waals surface area (Å²) >= 11 is 3.73. The molecule has 2 aromatic carbocycles. The van der Waals surface area contributed by atoms with Crippen molar-refractivity contribution in [3.8, 4) is 0 Å². The van der Waals surface area contributed by atoms with Gasteiger partial charge in [0.2, 0.25) is 5.56 Å². The maximum atomic E-state index is 11.9. The van der Waals surface area contributed by atoms with E-state index in [2.05, 4.69) is 56.5 Å². The lowest BCUT2D eigenvalue weighted by Gasteiger charge is -2.36. The van der Waals surface area contributed by atoms with E-state index in [1.54, 1.807) is 12.3 Å². The number of hydrogen-bond donors (Lipinski definition) is 2. The van der Waals surface area contributed by atoms with Gasteiger partial charge in [-0.1, -0.05) is 48.5 Å². The Kier molecular flexibility index (Phi) is 6.90. The third-order valence-corrected chi connectivity index (χ3v) is 11.0. The van der Waals surface area contributed by atoms with Crippen molar-refractivity contribution in [3.63, 3.8) is 0 Å². The summed E-state index contributed by atoms with van der Waals surface area (Å²) < 4.78 is 6.27. The highest BCUT2D eigenvalue weighted by Gasteiger charge is 2.31. The SMILES string of the molecule is O=c1cc(N2CCOC(c3cccc4c3Sc3ccc(NC5CCN(C6CCCC6)C5)cc3S4)C2)cc[nH]1. The molecule has 2 saturated heterocycles. The van der Waals surface area contributed by atoms with Crippen molar-refractivity contribution in [3.05, 3.63) is 70.6 Å². The number of ether oxygens (including phenoxy) is 1. The van der Waals surface area contributed by atoms with Crippen LogP contribution in [-0.4, -0.2) is 54.8 Å². The molecule has 2 atom stereocenters. The van der Waals surface area contributed by atoms with Gasteiger partial charge in [0, 0.05) is 81.5 Å². The molecule has 0 radical (unpaired) electrons. The van der Waals surface area contributed by atoms with Crippen LogP contribution < -0.4 is 15.8 Å². The largest absolute Gasteiger partial charge is 0.381 e. The predicted molar refractivity (Wildman–Crippen MR) is 155 cm³/mol. The number of rotatable bonds is 5. The van der Waals surface area contributed by atoms with Gasteiger partial charge in [0.1, 0.15) is 6.10 Å². The minimum atomic E-state index is -0.0703. The quantitative estimate of drug-likeness (QED) is 0.319. The fourth-order valence-corrected chi connectivity index (χ4v) is 8.86. The minimum Gasteiger partial charge on any atom is -0.381 e. The second-order valence-corrected chi connectivity index (χ2v) is 13.0. The first kappa shape index (κ1) is 24.6. The van der Waals surface area contributed by atoms with Crippen molar-refractivity contribution in [2.75, 3.05) is 43.0 Å². The highest BCUT2D eigenvalue weighted by Crippen LogP contribution is 2.52. The zero-order valence-electron chi connectivity index (χ0n) is 21.5. The Hall–Kier alpha value is -2.39. The third kappa shape index (κ3) is 4.99. The number of pyridine rings is 1. The Morgan fingerprint density at radius 1 is 0.921 bits per heavy atom. The molecule has 7 rings (SSSR count). The average Bonchev–Trinajstić information content (AvgIpc) is 3.64. The van der Waals surface area contributed by atoms with Crippen molar-refractivity contribution in [2.24, 2.45) is 0 Å². The molecule has 0 amide bonds. The fourth-order valence-electron chi connectivity index (χ4n) is 6.41. The lowest BCUT2D eigenvalue weighted by atomic mass is 10.1. The van der Waals surface area contributed by atoms with Gasteiger partial charge in [0.05, 0.1) is 6.61 Å². The summed E-state index contributed by atoms with van der Waals surface area (Å²) in [6.07, 6.45) is 8.50. The maximum Gasteiger partial charge on any atom is 0.249 e. The molecule has 8 heteroatoms. The standard InChI is InChI=1S/C30H34N4O2S2/c35-29-17-23(10-12-31-29)34-14-15-36-25(19-34)24-6-3-7-27-30(24)38-26-9-8-20(16-28(26)37-27)32-21-11-13-33(18-21)22-4-1-2-5-22/h3,6-10,12,16-17,21-22,25,32H,1-2,4-5,11,13-15,18-19H2,(H,31,35). The van der Waals surface area contributed by atoms with Crippen LogP contribution in [0.5, 0.6) is 0 Å². The van der Waals surface area contributed by atoms with Crippen LogP contribution in [0.1, 0.15) is 43.8 Å². The smallest absolute Gasteiger partial charge is 0.249 e. The van der Waals surface area contributed by atoms with E-state index in [9.17, 15) is 4.79 Å². The summed E-state index contributed by atoms with van der Waals surface area (Å²) in [6, 6.07) is 18.5. The monoisotopic (exact) mass is 546 g/mol.